The van der Waals surface area contributed by atoms with Crippen LogP contribution >= 0.6 is 11.8 Å². The molecule has 0 aromatic heterocycles. The van der Waals surface area contributed by atoms with Crippen LogP contribution in [0.4, 0.5) is 0 Å². The molecule has 120 valence electrons. The first-order valence-corrected chi connectivity index (χ1v) is 8.05. The minimum absolute atomic E-state index is 0.124. The number of carbonyl (C=O) groups is 3. The molecule has 0 spiro atoms. The summed E-state index contributed by atoms with van der Waals surface area (Å²) >= 11 is 1.07. The molecular formula is C16H16N2O4S. The Hall–Kier alpha value is -2.28. The van der Waals surface area contributed by atoms with Crippen molar-refractivity contribution in [2.75, 3.05) is 6.61 Å². The molecule has 6 nitrogen and oxygen atoms in total. The number of benzene rings is 1. The molecule has 2 aliphatic rings. The first-order valence-electron chi connectivity index (χ1n) is 7.18. The summed E-state index contributed by atoms with van der Waals surface area (Å²) in [6, 6.07) is 8.29. The molecule has 0 saturated carbocycles. The van der Waals surface area contributed by atoms with Crippen molar-refractivity contribution in [1.29, 1.82) is 0 Å². The van der Waals surface area contributed by atoms with Gasteiger partial charge in [-0.05, 0) is 31.6 Å². The molecule has 2 unspecified atom stereocenters. The van der Waals surface area contributed by atoms with Crippen LogP contribution in [0.2, 0.25) is 0 Å². The number of thioether (sulfide) groups is 1. The molecule has 1 aromatic carbocycles. The Labute approximate surface area is 137 Å². The van der Waals surface area contributed by atoms with E-state index in [2.05, 4.69) is 5.32 Å². The average molecular weight is 332 g/mol. The van der Waals surface area contributed by atoms with Gasteiger partial charge < -0.3 is 10.1 Å². The fourth-order valence-corrected chi connectivity index (χ4v) is 3.81. The molecule has 2 heterocycles. The summed E-state index contributed by atoms with van der Waals surface area (Å²) < 4.78 is 5.34. The Balaban J connectivity index is 1.58. The lowest BCUT2D eigenvalue weighted by Gasteiger charge is -2.41. The van der Waals surface area contributed by atoms with Crippen molar-refractivity contribution in [3.8, 4) is 5.75 Å². The Bertz CT molecular complexity index is 697. The van der Waals surface area contributed by atoms with E-state index in [0.717, 1.165) is 17.3 Å². The monoisotopic (exact) mass is 332 g/mol. The maximum Gasteiger partial charge on any atom is 0.258 e. The second kappa shape index (κ2) is 6.08. The lowest BCUT2D eigenvalue weighted by Crippen LogP contribution is -2.67. The van der Waals surface area contributed by atoms with Gasteiger partial charge in [-0.2, -0.15) is 0 Å². The number of hydrogen-bond acceptors (Lipinski definition) is 5. The molecule has 7 heteroatoms. The molecule has 23 heavy (non-hydrogen) atoms. The lowest BCUT2D eigenvalue weighted by molar-refractivity contribution is -0.146. The Morgan fingerprint density at radius 1 is 1.26 bits per heavy atom. The van der Waals surface area contributed by atoms with E-state index >= 15 is 0 Å². The van der Waals surface area contributed by atoms with Gasteiger partial charge in [-0.3, -0.25) is 19.3 Å². The van der Waals surface area contributed by atoms with Crippen LogP contribution in [0.25, 0.3) is 0 Å². The van der Waals surface area contributed by atoms with Gasteiger partial charge >= 0.3 is 0 Å². The number of β-lactam (4-membered cyclic amide) rings is 1. The van der Waals surface area contributed by atoms with Gasteiger partial charge in [0, 0.05) is 0 Å². The summed E-state index contributed by atoms with van der Waals surface area (Å²) in [6.45, 7) is 3.42. The number of hydrogen-bond donors (Lipinski definition) is 1. The van der Waals surface area contributed by atoms with Crippen molar-refractivity contribution >= 4 is 28.7 Å². The molecule has 1 N–H and O–H groups in total. The minimum atomic E-state index is -0.673. The molecular weight excluding hydrogens is 316 g/mol. The van der Waals surface area contributed by atoms with Crippen LogP contribution in [0.5, 0.6) is 5.75 Å². The molecule has 2 atom stereocenters. The van der Waals surface area contributed by atoms with E-state index < -0.39 is 6.04 Å². The predicted molar refractivity (Wildman–Crippen MR) is 85.5 cm³/mol. The highest BCUT2D eigenvalue weighted by molar-refractivity contribution is 8.15. The van der Waals surface area contributed by atoms with Crippen LogP contribution in [-0.2, 0) is 14.4 Å². The van der Waals surface area contributed by atoms with Gasteiger partial charge in [0.05, 0.1) is 5.70 Å². The quantitative estimate of drug-likeness (QED) is 0.664. The second-order valence-electron chi connectivity index (χ2n) is 5.50. The Kier molecular flexibility index (Phi) is 4.12. The number of allylic oxidation sites excluding steroid dienone is 1. The van der Waals surface area contributed by atoms with Crippen molar-refractivity contribution < 1.29 is 19.1 Å². The lowest BCUT2D eigenvalue weighted by atomic mass is 10.0. The zero-order chi connectivity index (χ0) is 16.6. The van der Waals surface area contributed by atoms with Crippen LogP contribution in [0, 0.1) is 0 Å². The second-order valence-corrected chi connectivity index (χ2v) is 6.59. The van der Waals surface area contributed by atoms with Gasteiger partial charge in [0.15, 0.2) is 6.61 Å². The summed E-state index contributed by atoms with van der Waals surface area (Å²) in [4.78, 5) is 37.5. The highest BCUT2D eigenvalue weighted by Crippen LogP contribution is 2.43. The van der Waals surface area contributed by atoms with E-state index in [1.54, 1.807) is 26.0 Å². The predicted octanol–water partition coefficient (Wildman–Crippen LogP) is 1.29. The highest BCUT2D eigenvalue weighted by Gasteiger charge is 2.57. The Morgan fingerprint density at radius 2 is 1.96 bits per heavy atom. The molecule has 2 fully saturated rings. The molecule has 0 radical (unpaired) electrons. The first kappa shape index (κ1) is 15.6. The van der Waals surface area contributed by atoms with E-state index in [-0.39, 0.29) is 28.9 Å². The molecule has 3 rings (SSSR count). The largest absolute Gasteiger partial charge is 0.484 e. The molecule has 2 aliphatic heterocycles. The molecule has 0 aliphatic carbocycles. The fraction of sp³-hybridized carbons (Fsp3) is 0.312. The van der Waals surface area contributed by atoms with Crippen LogP contribution in [-0.4, -0.2) is 39.9 Å². The van der Waals surface area contributed by atoms with E-state index in [0.29, 0.717) is 11.4 Å². The summed E-state index contributed by atoms with van der Waals surface area (Å²) in [7, 11) is 0. The minimum Gasteiger partial charge on any atom is -0.484 e. The summed E-state index contributed by atoms with van der Waals surface area (Å²) in [5.41, 5.74) is 1.24. The number of ether oxygens (including phenoxy) is 1. The third-order valence-electron chi connectivity index (χ3n) is 3.61. The first-order chi connectivity index (χ1) is 11.0. The molecule has 2 amide bonds. The van der Waals surface area contributed by atoms with Gasteiger partial charge in [-0.15, -0.1) is 0 Å². The topological polar surface area (TPSA) is 75.7 Å². The van der Waals surface area contributed by atoms with Crippen LogP contribution < -0.4 is 10.1 Å². The SMILES string of the molecule is CC(C)=C1C(=O)SC2C(NC(=O)COc3ccccc3)C(=O)N12. The van der Waals surface area contributed by atoms with E-state index in [1.807, 2.05) is 18.2 Å². The van der Waals surface area contributed by atoms with Crippen LogP contribution in [0.1, 0.15) is 13.8 Å². The van der Waals surface area contributed by atoms with Crippen molar-refractivity contribution in [1.82, 2.24) is 10.2 Å². The van der Waals surface area contributed by atoms with Gasteiger partial charge in [0.1, 0.15) is 17.2 Å². The number of para-hydroxylation sites is 1. The highest BCUT2D eigenvalue weighted by atomic mass is 32.2. The Morgan fingerprint density at radius 3 is 2.61 bits per heavy atom. The maximum absolute atomic E-state index is 12.2. The normalized spacial score (nSPS) is 22.5. The van der Waals surface area contributed by atoms with E-state index in [4.69, 9.17) is 4.74 Å². The number of nitrogens with one attached hydrogen (secondary N) is 1. The van der Waals surface area contributed by atoms with Gasteiger partial charge in [0.25, 0.3) is 11.8 Å². The average Bonchev–Trinajstić information content (AvgIpc) is 2.85. The molecule has 2 saturated heterocycles. The van der Waals surface area contributed by atoms with Gasteiger partial charge in [-0.25, -0.2) is 0 Å². The van der Waals surface area contributed by atoms with Gasteiger partial charge in [-0.1, -0.05) is 30.0 Å². The van der Waals surface area contributed by atoms with Crippen LogP contribution in [0.3, 0.4) is 0 Å². The summed E-state index contributed by atoms with van der Waals surface area (Å²) in [5, 5.41) is 2.17. The number of fused-ring (bicyclic) bond motifs is 1. The standard InChI is InChI=1S/C16H16N2O4S/c1-9(2)13-16(21)23-15-12(14(20)18(13)15)17-11(19)8-22-10-6-4-3-5-7-10/h3-7,12,15H,8H2,1-2H3,(H,17,19). The summed E-state index contributed by atoms with van der Waals surface area (Å²) in [5.74, 6) is -0.0513. The van der Waals surface area contributed by atoms with Crippen LogP contribution in [0.15, 0.2) is 41.6 Å². The molecule has 0 bridgehead atoms. The zero-order valence-electron chi connectivity index (χ0n) is 12.7. The maximum atomic E-state index is 12.2. The van der Waals surface area contributed by atoms with Crippen molar-refractivity contribution in [2.24, 2.45) is 0 Å². The van der Waals surface area contributed by atoms with Gasteiger partial charge in [0.2, 0.25) is 5.12 Å². The number of rotatable bonds is 4. The zero-order valence-corrected chi connectivity index (χ0v) is 13.6. The number of amides is 2. The van der Waals surface area contributed by atoms with Crippen molar-refractivity contribution in [3.63, 3.8) is 0 Å². The number of nitrogens with zero attached hydrogens (tertiary/aromatic N) is 1. The summed E-state index contributed by atoms with van der Waals surface area (Å²) in [6.07, 6.45) is 0. The van der Waals surface area contributed by atoms with Crippen molar-refractivity contribution in [2.45, 2.75) is 25.3 Å². The fourth-order valence-electron chi connectivity index (χ4n) is 2.54. The third-order valence-corrected chi connectivity index (χ3v) is 4.74. The number of carbonyl (C=O) groups excluding carboxylic acids is 3. The van der Waals surface area contributed by atoms with E-state index in [9.17, 15) is 14.4 Å². The smallest absolute Gasteiger partial charge is 0.258 e. The third kappa shape index (κ3) is 2.84. The van der Waals surface area contributed by atoms with Crippen molar-refractivity contribution in [3.05, 3.63) is 41.6 Å². The molecule has 1 aromatic rings. The van der Waals surface area contributed by atoms with E-state index in [1.165, 1.54) is 4.90 Å².